The van der Waals surface area contributed by atoms with Crippen LogP contribution in [0.1, 0.15) is 39.0 Å². The largest absolute Gasteiger partial charge is 0.327 e. The minimum absolute atomic E-state index is 0.0220. The quantitative estimate of drug-likeness (QED) is 0.632. The maximum atomic E-state index is 12.3. The highest BCUT2D eigenvalue weighted by Crippen LogP contribution is 2.36. The third-order valence-electron chi connectivity index (χ3n) is 4.33. The van der Waals surface area contributed by atoms with Crippen LogP contribution in [0.4, 0.5) is 4.79 Å². The number of carbonyl (C=O) groups excluding carboxylic acids is 2. The lowest BCUT2D eigenvalue weighted by molar-refractivity contribution is -0.130. The first kappa shape index (κ1) is 10.1. The number of hydrogen-bond acceptors (Lipinski definition) is 2. The summed E-state index contributed by atoms with van der Waals surface area (Å²) in [5.74, 6) is 0.407. The number of amides is 3. The van der Waals surface area contributed by atoms with Crippen molar-refractivity contribution in [2.75, 3.05) is 6.54 Å². The summed E-state index contributed by atoms with van der Waals surface area (Å²) in [7, 11) is 0. The maximum absolute atomic E-state index is 12.3. The lowest BCUT2D eigenvalue weighted by Gasteiger charge is -2.22. The van der Waals surface area contributed by atoms with E-state index in [-0.39, 0.29) is 24.0 Å². The molecular formula is C12H18N2O2. The van der Waals surface area contributed by atoms with Gasteiger partial charge in [0.15, 0.2) is 0 Å². The Morgan fingerprint density at radius 3 is 2.44 bits per heavy atom. The zero-order valence-electron chi connectivity index (χ0n) is 9.69. The van der Waals surface area contributed by atoms with Gasteiger partial charge in [-0.2, -0.15) is 0 Å². The standard InChI is InChI=1S/C12H18N2O2/c1-8-6-7-13-10(8)11(15)14(12(13)16)9-4-2-3-5-9/h8-10H,2-7H2,1H3. The van der Waals surface area contributed by atoms with E-state index >= 15 is 0 Å². The second-order valence-electron chi connectivity index (χ2n) is 5.33. The van der Waals surface area contributed by atoms with Crippen molar-refractivity contribution in [3.05, 3.63) is 0 Å². The van der Waals surface area contributed by atoms with Crippen molar-refractivity contribution < 1.29 is 9.59 Å². The Bertz CT molecular complexity index is 336. The van der Waals surface area contributed by atoms with Crippen LogP contribution in [0.3, 0.4) is 0 Å². The van der Waals surface area contributed by atoms with Gasteiger partial charge < -0.3 is 4.90 Å². The van der Waals surface area contributed by atoms with Crippen LogP contribution in [0.5, 0.6) is 0 Å². The molecule has 3 rings (SSSR count). The maximum Gasteiger partial charge on any atom is 0.327 e. The van der Waals surface area contributed by atoms with Crippen LogP contribution < -0.4 is 0 Å². The van der Waals surface area contributed by atoms with Crippen molar-refractivity contribution in [3.8, 4) is 0 Å². The molecule has 88 valence electrons. The van der Waals surface area contributed by atoms with Gasteiger partial charge in [0.1, 0.15) is 6.04 Å². The fourth-order valence-corrected chi connectivity index (χ4v) is 3.41. The number of rotatable bonds is 1. The summed E-state index contributed by atoms with van der Waals surface area (Å²) in [6.07, 6.45) is 5.30. The third kappa shape index (κ3) is 1.22. The Labute approximate surface area is 95.6 Å². The first-order valence-corrected chi connectivity index (χ1v) is 6.34. The van der Waals surface area contributed by atoms with Crippen molar-refractivity contribution in [2.24, 2.45) is 5.92 Å². The Balaban J connectivity index is 1.86. The normalized spacial score (nSPS) is 35.3. The topological polar surface area (TPSA) is 40.6 Å². The molecule has 4 nitrogen and oxygen atoms in total. The number of imide groups is 1. The van der Waals surface area contributed by atoms with Crippen LogP contribution in [0.25, 0.3) is 0 Å². The van der Waals surface area contributed by atoms with Gasteiger partial charge in [0.05, 0.1) is 0 Å². The zero-order valence-corrected chi connectivity index (χ0v) is 9.69. The molecule has 2 unspecified atom stereocenters. The second kappa shape index (κ2) is 3.47. The molecule has 2 atom stereocenters. The average molecular weight is 222 g/mol. The van der Waals surface area contributed by atoms with E-state index < -0.39 is 0 Å². The van der Waals surface area contributed by atoms with E-state index in [1.807, 2.05) is 0 Å². The molecule has 2 heterocycles. The first-order chi connectivity index (χ1) is 7.70. The molecule has 0 aromatic carbocycles. The lowest BCUT2D eigenvalue weighted by atomic mass is 10.0. The average Bonchev–Trinajstić information content (AvgIpc) is 2.90. The van der Waals surface area contributed by atoms with Crippen LogP contribution in [0.2, 0.25) is 0 Å². The number of nitrogens with zero attached hydrogens (tertiary/aromatic N) is 2. The molecule has 0 aromatic heterocycles. The smallest absolute Gasteiger partial charge is 0.312 e. The Hall–Kier alpha value is -1.06. The fourth-order valence-electron chi connectivity index (χ4n) is 3.41. The van der Waals surface area contributed by atoms with E-state index in [2.05, 4.69) is 6.92 Å². The van der Waals surface area contributed by atoms with Crippen molar-refractivity contribution in [1.29, 1.82) is 0 Å². The van der Waals surface area contributed by atoms with E-state index in [9.17, 15) is 9.59 Å². The SMILES string of the molecule is CC1CCN2C(=O)N(C3CCCC3)C(=O)C12. The zero-order chi connectivity index (χ0) is 11.3. The predicted molar refractivity (Wildman–Crippen MR) is 58.8 cm³/mol. The van der Waals surface area contributed by atoms with Gasteiger partial charge in [-0.3, -0.25) is 9.69 Å². The number of fused-ring (bicyclic) bond motifs is 1. The molecule has 4 heteroatoms. The summed E-state index contributed by atoms with van der Waals surface area (Å²) in [5, 5.41) is 0. The predicted octanol–water partition coefficient (Wildman–Crippen LogP) is 1.60. The summed E-state index contributed by atoms with van der Waals surface area (Å²) in [5.41, 5.74) is 0. The van der Waals surface area contributed by atoms with Gasteiger partial charge in [-0.05, 0) is 25.2 Å². The lowest BCUT2D eigenvalue weighted by Crippen LogP contribution is -2.40. The Kier molecular flexibility index (Phi) is 2.19. The molecule has 3 fully saturated rings. The van der Waals surface area contributed by atoms with E-state index in [0.29, 0.717) is 5.92 Å². The van der Waals surface area contributed by atoms with Crippen molar-refractivity contribution in [3.63, 3.8) is 0 Å². The summed E-state index contributed by atoms with van der Waals surface area (Å²) in [6, 6.07) is 0.0251. The van der Waals surface area contributed by atoms with Gasteiger partial charge in [0.25, 0.3) is 5.91 Å². The molecular weight excluding hydrogens is 204 g/mol. The molecule has 3 amide bonds. The van der Waals surface area contributed by atoms with E-state index in [1.165, 1.54) is 0 Å². The van der Waals surface area contributed by atoms with Crippen molar-refractivity contribution in [1.82, 2.24) is 9.80 Å². The van der Waals surface area contributed by atoms with Gasteiger partial charge in [0.2, 0.25) is 0 Å². The van der Waals surface area contributed by atoms with E-state index in [1.54, 1.807) is 9.80 Å². The molecule has 3 aliphatic rings. The molecule has 1 aliphatic carbocycles. The molecule has 2 aliphatic heterocycles. The Morgan fingerprint density at radius 2 is 1.81 bits per heavy atom. The van der Waals surface area contributed by atoms with Gasteiger partial charge in [-0.25, -0.2) is 4.79 Å². The number of urea groups is 1. The van der Waals surface area contributed by atoms with Gasteiger partial charge >= 0.3 is 6.03 Å². The van der Waals surface area contributed by atoms with Crippen LogP contribution in [-0.2, 0) is 4.79 Å². The molecule has 1 saturated carbocycles. The third-order valence-corrected chi connectivity index (χ3v) is 4.33. The monoisotopic (exact) mass is 222 g/mol. The molecule has 0 aromatic rings. The number of carbonyl (C=O) groups is 2. The van der Waals surface area contributed by atoms with Gasteiger partial charge in [0, 0.05) is 12.6 Å². The highest BCUT2D eigenvalue weighted by Gasteiger charge is 2.52. The minimum atomic E-state index is -0.145. The van der Waals surface area contributed by atoms with Crippen LogP contribution in [-0.4, -0.2) is 40.4 Å². The fraction of sp³-hybridized carbons (Fsp3) is 0.833. The van der Waals surface area contributed by atoms with Gasteiger partial charge in [-0.15, -0.1) is 0 Å². The summed E-state index contributed by atoms with van der Waals surface area (Å²) < 4.78 is 0. The summed E-state index contributed by atoms with van der Waals surface area (Å²) >= 11 is 0. The molecule has 16 heavy (non-hydrogen) atoms. The molecule has 0 radical (unpaired) electrons. The molecule has 0 bridgehead atoms. The summed E-state index contributed by atoms with van der Waals surface area (Å²) in [4.78, 5) is 27.8. The highest BCUT2D eigenvalue weighted by molar-refractivity contribution is 6.05. The van der Waals surface area contributed by atoms with E-state index in [0.717, 1.165) is 38.6 Å². The van der Waals surface area contributed by atoms with Crippen molar-refractivity contribution in [2.45, 2.75) is 51.1 Å². The Morgan fingerprint density at radius 1 is 1.12 bits per heavy atom. The summed E-state index contributed by atoms with van der Waals surface area (Å²) in [6.45, 7) is 2.84. The van der Waals surface area contributed by atoms with E-state index in [4.69, 9.17) is 0 Å². The van der Waals surface area contributed by atoms with Crippen LogP contribution >= 0.6 is 0 Å². The van der Waals surface area contributed by atoms with Crippen LogP contribution in [0.15, 0.2) is 0 Å². The minimum Gasteiger partial charge on any atom is -0.312 e. The molecule has 0 N–H and O–H groups in total. The first-order valence-electron chi connectivity index (χ1n) is 6.34. The van der Waals surface area contributed by atoms with Crippen LogP contribution in [0, 0.1) is 5.92 Å². The molecule has 2 saturated heterocycles. The molecule has 0 spiro atoms. The van der Waals surface area contributed by atoms with Crippen molar-refractivity contribution >= 4 is 11.9 Å². The van der Waals surface area contributed by atoms with Gasteiger partial charge in [-0.1, -0.05) is 19.8 Å². The highest BCUT2D eigenvalue weighted by atomic mass is 16.2. The second-order valence-corrected chi connectivity index (χ2v) is 5.33. The number of hydrogen-bond donors (Lipinski definition) is 0.